The first kappa shape index (κ1) is 23.2. The summed E-state index contributed by atoms with van der Waals surface area (Å²) in [6.07, 6.45) is 1.03. The van der Waals surface area contributed by atoms with Gasteiger partial charge in [0.1, 0.15) is 12.4 Å². The van der Waals surface area contributed by atoms with Gasteiger partial charge < -0.3 is 20.2 Å². The van der Waals surface area contributed by atoms with Crippen molar-refractivity contribution in [1.82, 2.24) is 15.6 Å². The van der Waals surface area contributed by atoms with Crippen molar-refractivity contribution in [3.63, 3.8) is 0 Å². The fourth-order valence-electron chi connectivity index (χ4n) is 3.07. The summed E-state index contributed by atoms with van der Waals surface area (Å²) in [5.41, 5.74) is 2.92. The van der Waals surface area contributed by atoms with Crippen molar-refractivity contribution in [1.29, 1.82) is 0 Å². The van der Waals surface area contributed by atoms with E-state index in [0.717, 1.165) is 21.5 Å². The number of aliphatic hydroxyl groups is 1. The number of aliphatic imine (C=N–C) groups is 1. The number of hydrogen-bond acceptors (Lipinski definition) is 5. The minimum absolute atomic E-state index is 0. The van der Waals surface area contributed by atoms with E-state index in [1.54, 1.807) is 24.6 Å². The lowest BCUT2D eigenvalue weighted by atomic mass is 10.1. The standard InChI is InChI=1S/C23H24N4O2S.HI/c1-15-7-9-16(10-8-15)22-27-18(14-29-22)12-25-23(24-2)26-13-19(28)21-11-17-5-3-4-6-20(17)30-21;/h3-11,14,19,28H,12-13H2,1-2H3,(H2,24,25,26);1H. The average molecular weight is 548 g/mol. The number of aryl methyl sites for hydroxylation is 1. The number of fused-ring (bicyclic) bond motifs is 1. The van der Waals surface area contributed by atoms with Gasteiger partial charge in [-0.25, -0.2) is 4.98 Å². The highest BCUT2D eigenvalue weighted by Crippen LogP contribution is 2.29. The maximum atomic E-state index is 10.5. The summed E-state index contributed by atoms with van der Waals surface area (Å²) in [6.45, 7) is 2.87. The fraction of sp³-hybridized carbons (Fsp3) is 0.217. The van der Waals surface area contributed by atoms with Crippen molar-refractivity contribution in [2.75, 3.05) is 13.6 Å². The largest absolute Gasteiger partial charge is 0.444 e. The Hall–Kier alpha value is -2.43. The quantitative estimate of drug-likeness (QED) is 0.182. The second-order valence-electron chi connectivity index (χ2n) is 7.02. The van der Waals surface area contributed by atoms with Crippen LogP contribution in [0.2, 0.25) is 0 Å². The van der Waals surface area contributed by atoms with Crippen molar-refractivity contribution >= 4 is 51.4 Å². The van der Waals surface area contributed by atoms with E-state index in [1.165, 1.54) is 10.3 Å². The van der Waals surface area contributed by atoms with Crippen LogP contribution in [0.15, 0.2) is 70.3 Å². The topological polar surface area (TPSA) is 82.7 Å². The highest BCUT2D eigenvalue weighted by molar-refractivity contribution is 14.0. The first-order valence-corrected chi connectivity index (χ1v) is 10.6. The van der Waals surface area contributed by atoms with Crippen LogP contribution in [0.5, 0.6) is 0 Å². The molecule has 0 aliphatic rings. The van der Waals surface area contributed by atoms with E-state index >= 15 is 0 Å². The molecule has 162 valence electrons. The molecule has 0 radical (unpaired) electrons. The first-order chi connectivity index (χ1) is 14.6. The normalized spacial score (nSPS) is 12.4. The van der Waals surface area contributed by atoms with Crippen molar-refractivity contribution in [3.05, 3.63) is 77.0 Å². The number of aromatic nitrogens is 1. The third-order valence-electron chi connectivity index (χ3n) is 4.75. The van der Waals surface area contributed by atoms with Crippen LogP contribution in [-0.4, -0.2) is 29.6 Å². The third-order valence-corrected chi connectivity index (χ3v) is 5.96. The van der Waals surface area contributed by atoms with E-state index in [4.69, 9.17) is 4.42 Å². The van der Waals surface area contributed by atoms with Gasteiger partial charge in [0.25, 0.3) is 0 Å². The molecule has 0 amide bonds. The van der Waals surface area contributed by atoms with Gasteiger partial charge in [-0.05, 0) is 36.6 Å². The number of halogens is 1. The zero-order chi connectivity index (χ0) is 20.9. The van der Waals surface area contributed by atoms with E-state index < -0.39 is 6.10 Å². The molecule has 1 unspecified atom stereocenters. The van der Waals surface area contributed by atoms with Gasteiger partial charge in [-0.15, -0.1) is 35.3 Å². The minimum atomic E-state index is -0.610. The number of rotatable bonds is 6. The molecule has 4 aromatic rings. The van der Waals surface area contributed by atoms with Crippen LogP contribution in [0.3, 0.4) is 0 Å². The van der Waals surface area contributed by atoms with E-state index in [2.05, 4.69) is 32.7 Å². The van der Waals surface area contributed by atoms with Gasteiger partial charge in [0.15, 0.2) is 5.96 Å². The fourth-order valence-corrected chi connectivity index (χ4v) is 4.12. The molecule has 2 heterocycles. The Morgan fingerprint density at radius 3 is 2.68 bits per heavy atom. The molecular weight excluding hydrogens is 523 g/mol. The summed E-state index contributed by atoms with van der Waals surface area (Å²) < 4.78 is 6.76. The molecule has 0 spiro atoms. The van der Waals surface area contributed by atoms with Crippen LogP contribution < -0.4 is 10.6 Å². The summed E-state index contributed by atoms with van der Waals surface area (Å²) in [4.78, 5) is 9.67. The number of nitrogens with zero attached hydrogens (tertiary/aromatic N) is 2. The Bertz CT molecular complexity index is 1120. The predicted octanol–water partition coefficient (Wildman–Crippen LogP) is 4.88. The first-order valence-electron chi connectivity index (χ1n) is 9.75. The highest BCUT2D eigenvalue weighted by atomic mass is 127. The van der Waals surface area contributed by atoms with Crippen LogP contribution in [0.1, 0.15) is 22.2 Å². The van der Waals surface area contributed by atoms with E-state index in [1.807, 2.05) is 49.4 Å². The van der Waals surface area contributed by atoms with Gasteiger partial charge in [-0.2, -0.15) is 0 Å². The molecule has 31 heavy (non-hydrogen) atoms. The Morgan fingerprint density at radius 1 is 1.16 bits per heavy atom. The van der Waals surface area contributed by atoms with Crippen molar-refractivity contribution in [3.8, 4) is 11.5 Å². The molecule has 6 nitrogen and oxygen atoms in total. The predicted molar refractivity (Wildman–Crippen MR) is 137 cm³/mol. The average Bonchev–Trinajstić information content (AvgIpc) is 3.41. The molecule has 0 bridgehead atoms. The van der Waals surface area contributed by atoms with Crippen molar-refractivity contribution in [2.24, 2.45) is 4.99 Å². The molecule has 0 aliphatic carbocycles. The smallest absolute Gasteiger partial charge is 0.226 e. The van der Waals surface area contributed by atoms with E-state index in [-0.39, 0.29) is 24.0 Å². The zero-order valence-electron chi connectivity index (χ0n) is 17.3. The van der Waals surface area contributed by atoms with Crippen molar-refractivity contribution in [2.45, 2.75) is 19.6 Å². The molecule has 3 N–H and O–H groups in total. The number of guanidine groups is 1. The summed E-state index contributed by atoms with van der Waals surface area (Å²) in [5.74, 6) is 1.19. The van der Waals surface area contributed by atoms with Crippen LogP contribution in [0.25, 0.3) is 21.5 Å². The molecular formula is C23H25IN4O2S. The Morgan fingerprint density at radius 2 is 1.94 bits per heavy atom. The molecule has 0 saturated carbocycles. The molecule has 0 fully saturated rings. The van der Waals surface area contributed by atoms with Gasteiger partial charge in [-0.3, -0.25) is 4.99 Å². The van der Waals surface area contributed by atoms with Gasteiger partial charge >= 0.3 is 0 Å². The number of benzene rings is 2. The molecule has 4 rings (SSSR count). The maximum absolute atomic E-state index is 10.5. The molecule has 2 aromatic heterocycles. The number of thiophene rings is 1. The van der Waals surface area contributed by atoms with Crippen molar-refractivity contribution < 1.29 is 9.52 Å². The van der Waals surface area contributed by atoms with Gasteiger partial charge in [0, 0.05) is 28.7 Å². The monoisotopic (exact) mass is 548 g/mol. The summed E-state index contributed by atoms with van der Waals surface area (Å²) in [7, 11) is 1.70. The zero-order valence-corrected chi connectivity index (χ0v) is 20.5. The lowest BCUT2D eigenvalue weighted by Gasteiger charge is -2.14. The lowest BCUT2D eigenvalue weighted by molar-refractivity contribution is 0.184. The second-order valence-corrected chi connectivity index (χ2v) is 8.13. The minimum Gasteiger partial charge on any atom is -0.444 e. The summed E-state index contributed by atoms with van der Waals surface area (Å²) in [5, 5.41) is 18.1. The highest BCUT2D eigenvalue weighted by Gasteiger charge is 2.13. The van der Waals surface area contributed by atoms with Gasteiger partial charge in [0.05, 0.1) is 12.2 Å². The van der Waals surface area contributed by atoms with Crippen LogP contribution in [0.4, 0.5) is 0 Å². The Balaban J connectivity index is 0.00000272. The molecule has 0 aliphatic heterocycles. The van der Waals surface area contributed by atoms with E-state index in [0.29, 0.717) is 24.9 Å². The maximum Gasteiger partial charge on any atom is 0.226 e. The van der Waals surface area contributed by atoms with Crippen LogP contribution in [-0.2, 0) is 6.54 Å². The van der Waals surface area contributed by atoms with Gasteiger partial charge in [0.2, 0.25) is 5.89 Å². The second kappa shape index (κ2) is 10.7. The molecule has 2 aromatic carbocycles. The SMILES string of the molecule is CN=C(NCc1coc(-c2ccc(C)cc2)n1)NCC(O)c1cc2ccccc2s1.I. The van der Waals surface area contributed by atoms with Crippen LogP contribution >= 0.6 is 35.3 Å². The summed E-state index contributed by atoms with van der Waals surface area (Å²) >= 11 is 1.60. The molecule has 8 heteroatoms. The number of hydrogen-bond donors (Lipinski definition) is 3. The summed E-state index contributed by atoms with van der Waals surface area (Å²) in [6, 6.07) is 18.2. The Labute approximate surface area is 202 Å². The lowest BCUT2D eigenvalue weighted by Crippen LogP contribution is -2.38. The third kappa shape index (κ3) is 5.84. The number of aliphatic hydroxyl groups excluding tert-OH is 1. The van der Waals surface area contributed by atoms with Gasteiger partial charge in [-0.1, -0.05) is 35.9 Å². The van der Waals surface area contributed by atoms with E-state index in [9.17, 15) is 5.11 Å². The number of nitrogens with one attached hydrogen (secondary N) is 2. The molecule has 0 saturated heterocycles. The van der Waals surface area contributed by atoms with Crippen LogP contribution in [0, 0.1) is 6.92 Å². The number of oxazole rings is 1. The molecule has 1 atom stereocenters. The Kier molecular flexibility index (Phi) is 8.05.